The predicted octanol–water partition coefficient (Wildman–Crippen LogP) is 2.56. The molecule has 1 aromatic heterocycles. The van der Waals surface area contributed by atoms with E-state index < -0.39 is 0 Å². The molecule has 0 radical (unpaired) electrons. The summed E-state index contributed by atoms with van der Waals surface area (Å²) in [6.45, 7) is 4.36. The summed E-state index contributed by atoms with van der Waals surface area (Å²) >= 11 is 0. The van der Waals surface area contributed by atoms with E-state index in [0.29, 0.717) is 5.95 Å². The van der Waals surface area contributed by atoms with Crippen LogP contribution in [0.15, 0.2) is 12.4 Å². The quantitative estimate of drug-likeness (QED) is 0.806. The van der Waals surface area contributed by atoms with Gasteiger partial charge >= 0.3 is 0 Å². The van der Waals surface area contributed by atoms with Crippen LogP contribution in [-0.2, 0) is 4.79 Å². The Kier molecular flexibility index (Phi) is 2.99. The standard InChI is InChI=1S/C12H19N3O/c1-12(2)6-4-3-5-9(12)10(16)15-11-13-7-8-14-11/h7-9H,3-6H2,1-2H3,(H2,13,14,15,16). The number of H-pyrrole nitrogens is 1. The third-order valence-electron chi connectivity index (χ3n) is 3.56. The molecular formula is C12H19N3O. The Bertz CT molecular complexity index is 356. The minimum Gasteiger partial charge on any atom is -0.331 e. The molecule has 1 aliphatic rings. The molecule has 1 fully saturated rings. The van der Waals surface area contributed by atoms with Gasteiger partial charge in [0.25, 0.3) is 0 Å². The van der Waals surface area contributed by atoms with Gasteiger partial charge in [0.15, 0.2) is 0 Å². The van der Waals surface area contributed by atoms with E-state index >= 15 is 0 Å². The first-order valence-corrected chi connectivity index (χ1v) is 5.90. The van der Waals surface area contributed by atoms with E-state index in [1.165, 1.54) is 6.42 Å². The number of hydrogen-bond donors (Lipinski definition) is 2. The lowest BCUT2D eigenvalue weighted by Gasteiger charge is -2.37. The second-order valence-corrected chi connectivity index (χ2v) is 5.21. The molecule has 0 bridgehead atoms. The maximum Gasteiger partial charge on any atom is 0.230 e. The molecule has 0 aromatic carbocycles. The van der Waals surface area contributed by atoms with Gasteiger partial charge in [-0.05, 0) is 18.3 Å². The van der Waals surface area contributed by atoms with Crippen molar-refractivity contribution in [3.05, 3.63) is 12.4 Å². The van der Waals surface area contributed by atoms with Gasteiger partial charge in [0, 0.05) is 18.3 Å². The molecule has 1 atom stereocenters. The monoisotopic (exact) mass is 221 g/mol. The average molecular weight is 221 g/mol. The Hall–Kier alpha value is -1.32. The SMILES string of the molecule is CC1(C)CCCCC1C(=O)Nc1ncc[nH]1. The highest BCUT2D eigenvalue weighted by atomic mass is 16.2. The smallest absolute Gasteiger partial charge is 0.230 e. The molecule has 4 nitrogen and oxygen atoms in total. The summed E-state index contributed by atoms with van der Waals surface area (Å²) in [6.07, 6.45) is 7.85. The van der Waals surface area contributed by atoms with E-state index in [-0.39, 0.29) is 17.2 Å². The van der Waals surface area contributed by atoms with Gasteiger partial charge in [-0.1, -0.05) is 26.7 Å². The largest absolute Gasteiger partial charge is 0.331 e. The van der Waals surface area contributed by atoms with Gasteiger partial charge in [-0.3, -0.25) is 10.1 Å². The Labute approximate surface area is 95.9 Å². The zero-order valence-corrected chi connectivity index (χ0v) is 9.92. The van der Waals surface area contributed by atoms with Crippen LogP contribution in [0.5, 0.6) is 0 Å². The molecule has 88 valence electrons. The molecule has 1 aromatic rings. The Morgan fingerprint density at radius 1 is 1.56 bits per heavy atom. The number of carbonyl (C=O) groups excluding carboxylic acids is 1. The molecule has 2 N–H and O–H groups in total. The average Bonchev–Trinajstić information content (AvgIpc) is 2.69. The van der Waals surface area contributed by atoms with Gasteiger partial charge in [0.2, 0.25) is 11.9 Å². The molecule has 0 saturated heterocycles. The number of amides is 1. The van der Waals surface area contributed by atoms with E-state index in [0.717, 1.165) is 19.3 Å². The van der Waals surface area contributed by atoms with E-state index in [1.807, 2.05) is 0 Å². The van der Waals surface area contributed by atoms with Gasteiger partial charge in [-0.2, -0.15) is 0 Å². The molecule has 1 amide bonds. The summed E-state index contributed by atoms with van der Waals surface area (Å²) in [6, 6.07) is 0. The molecule has 1 saturated carbocycles. The number of imidazole rings is 1. The van der Waals surface area contributed by atoms with Gasteiger partial charge < -0.3 is 4.98 Å². The summed E-state index contributed by atoms with van der Waals surface area (Å²) in [5.41, 5.74) is 0.106. The number of hydrogen-bond acceptors (Lipinski definition) is 2. The first-order chi connectivity index (χ1) is 7.59. The number of nitrogens with one attached hydrogen (secondary N) is 2. The van der Waals surface area contributed by atoms with Crippen molar-refractivity contribution in [3.8, 4) is 0 Å². The Balaban J connectivity index is 2.03. The number of carbonyl (C=O) groups is 1. The minimum atomic E-state index is 0.0969. The van der Waals surface area contributed by atoms with E-state index in [1.54, 1.807) is 12.4 Å². The van der Waals surface area contributed by atoms with Crippen molar-refractivity contribution in [2.75, 3.05) is 5.32 Å². The van der Waals surface area contributed by atoms with Crippen molar-refractivity contribution in [2.45, 2.75) is 39.5 Å². The minimum absolute atomic E-state index is 0.0969. The molecular weight excluding hydrogens is 202 g/mol. The summed E-state index contributed by atoms with van der Waals surface area (Å²) in [5, 5.41) is 2.84. The summed E-state index contributed by atoms with van der Waals surface area (Å²) < 4.78 is 0. The van der Waals surface area contributed by atoms with Gasteiger partial charge in [0.05, 0.1) is 0 Å². The number of nitrogens with zero attached hydrogens (tertiary/aromatic N) is 1. The third kappa shape index (κ3) is 2.26. The lowest BCUT2D eigenvalue weighted by Crippen LogP contribution is -2.37. The second kappa shape index (κ2) is 4.28. The van der Waals surface area contributed by atoms with Crippen LogP contribution in [0.1, 0.15) is 39.5 Å². The summed E-state index contributed by atoms with van der Waals surface area (Å²) in [7, 11) is 0. The van der Waals surface area contributed by atoms with E-state index in [4.69, 9.17) is 0 Å². The topological polar surface area (TPSA) is 57.8 Å². The van der Waals surface area contributed by atoms with Crippen LogP contribution in [0.4, 0.5) is 5.95 Å². The highest BCUT2D eigenvalue weighted by Gasteiger charge is 2.37. The van der Waals surface area contributed by atoms with Gasteiger partial charge in [-0.25, -0.2) is 4.98 Å². The van der Waals surface area contributed by atoms with Crippen LogP contribution in [0.3, 0.4) is 0 Å². The second-order valence-electron chi connectivity index (χ2n) is 5.21. The fourth-order valence-corrected chi connectivity index (χ4v) is 2.52. The van der Waals surface area contributed by atoms with Crippen molar-refractivity contribution in [2.24, 2.45) is 11.3 Å². The van der Waals surface area contributed by atoms with Gasteiger partial charge in [0.1, 0.15) is 0 Å². The molecule has 1 unspecified atom stereocenters. The summed E-state index contributed by atoms with van der Waals surface area (Å²) in [4.78, 5) is 19.0. The van der Waals surface area contributed by atoms with Crippen LogP contribution in [-0.4, -0.2) is 15.9 Å². The molecule has 4 heteroatoms. The van der Waals surface area contributed by atoms with Crippen molar-refractivity contribution in [3.63, 3.8) is 0 Å². The third-order valence-corrected chi connectivity index (χ3v) is 3.56. The summed E-state index contributed by atoms with van der Waals surface area (Å²) in [5.74, 6) is 0.748. The van der Waals surface area contributed by atoms with Crippen LogP contribution in [0, 0.1) is 11.3 Å². The predicted molar refractivity (Wildman–Crippen MR) is 63.0 cm³/mol. The lowest BCUT2D eigenvalue weighted by atomic mass is 9.68. The van der Waals surface area contributed by atoms with Crippen LogP contribution >= 0.6 is 0 Å². The maximum atomic E-state index is 12.1. The first kappa shape index (κ1) is 11.2. The number of anilines is 1. The zero-order valence-electron chi connectivity index (χ0n) is 9.92. The number of rotatable bonds is 2. The molecule has 2 rings (SSSR count). The number of aromatic nitrogens is 2. The highest BCUT2D eigenvalue weighted by molar-refractivity contribution is 5.91. The van der Waals surface area contributed by atoms with Crippen molar-refractivity contribution >= 4 is 11.9 Å². The fourth-order valence-electron chi connectivity index (χ4n) is 2.52. The Morgan fingerprint density at radius 2 is 2.38 bits per heavy atom. The van der Waals surface area contributed by atoms with Crippen LogP contribution in [0.2, 0.25) is 0 Å². The Morgan fingerprint density at radius 3 is 3.00 bits per heavy atom. The van der Waals surface area contributed by atoms with Crippen molar-refractivity contribution in [1.29, 1.82) is 0 Å². The van der Waals surface area contributed by atoms with E-state index in [9.17, 15) is 4.79 Å². The molecule has 1 aliphatic carbocycles. The molecule has 1 heterocycles. The molecule has 0 spiro atoms. The van der Waals surface area contributed by atoms with Crippen LogP contribution in [0.25, 0.3) is 0 Å². The zero-order chi connectivity index (χ0) is 11.6. The lowest BCUT2D eigenvalue weighted by molar-refractivity contribution is -0.124. The molecule has 0 aliphatic heterocycles. The first-order valence-electron chi connectivity index (χ1n) is 5.90. The van der Waals surface area contributed by atoms with Gasteiger partial charge in [-0.15, -0.1) is 0 Å². The molecule has 16 heavy (non-hydrogen) atoms. The normalized spacial score (nSPS) is 24.0. The van der Waals surface area contributed by atoms with Crippen LogP contribution < -0.4 is 5.32 Å². The van der Waals surface area contributed by atoms with Crippen molar-refractivity contribution < 1.29 is 4.79 Å². The highest BCUT2D eigenvalue weighted by Crippen LogP contribution is 2.40. The number of aromatic amines is 1. The van der Waals surface area contributed by atoms with E-state index in [2.05, 4.69) is 29.1 Å². The van der Waals surface area contributed by atoms with Crippen molar-refractivity contribution in [1.82, 2.24) is 9.97 Å². The maximum absolute atomic E-state index is 12.1. The fraction of sp³-hybridized carbons (Fsp3) is 0.667.